The Kier molecular flexibility index (Phi) is 6.51. The average Bonchev–Trinajstić information content (AvgIpc) is 2.71. The number of benzene rings is 1. The molecule has 1 aliphatic heterocycles. The van der Waals surface area contributed by atoms with Crippen molar-refractivity contribution in [1.82, 2.24) is 9.88 Å². The lowest BCUT2D eigenvalue weighted by atomic mass is 10.2. The summed E-state index contributed by atoms with van der Waals surface area (Å²) in [4.78, 5) is 21.1. The van der Waals surface area contributed by atoms with Crippen molar-refractivity contribution in [2.75, 3.05) is 43.9 Å². The zero-order chi connectivity index (χ0) is 20.0. The first-order chi connectivity index (χ1) is 13.4. The van der Waals surface area contributed by atoms with Crippen LogP contribution in [-0.2, 0) is 14.6 Å². The van der Waals surface area contributed by atoms with Crippen LogP contribution in [0.15, 0.2) is 53.6 Å². The summed E-state index contributed by atoms with van der Waals surface area (Å²) in [6, 6.07) is 12.2. The predicted molar refractivity (Wildman–Crippen MR) is 107 cm³/mol. The topological polar surface area (TPSA) is 79.8 Å². The van der Waals surface area contributed by atoms with Gasteiger partial charge in [-0.3, -0.25) is 4.79 Å². The zero-order valence-electron chi connectivity index (χ0n) is 16.0. The number of ether oxygens (including phenoxy) is 1. The summed E-state index contributed by atoms with van der Waals surface area (Å²) >= 11 is 0. The van der Waals surface area contributed by atoms with Gasteiger partial charge in [-0.2, -0.15) is 0 Å². The third kappa shape index (κ3) is 5.45. The van der Waals surface area contributed by atoms with Crippen molar-refractivity contribution in [2.45, 2.75) is 17.7 Å². The van der Waals surface area contributed by atoms with Crippen molar-refractivity contribution >= 4 is 21.6 Å². The van der Waals surface area contributed by atoms with Crippen molar-refractivity contribution in [3.8, 4) is 5.75 Å². The average molecular weight is 404 g/mol. The molecule has 8 heteroatoms. The lowest BCUT2D eigenvalue weighted by molar-refractivity contribution is -0.131. The fourth-order valence-electron chi connectivity index (χ4n) is 3.08. The molecule has 7 nitrogen and oxygen atoms in total. The van der Waals surface area contributed by atoms with Crippen LogP contribution in [0, 0.1) is 0 Å². The number of nitrogens with zero attached hydrogens (tertiary/aromatic N) is 3. The second kappa shape index (κ2) is 9.05. The van der Waals surface area contributed by atoms with Crippen LogP contribution in [0.3, 0.4) is 0 Å². The minimum atomic E-state index is -3.20. The van der Waals surface area contributed by atoms with Gasteiger partial charge in [-0.1, -0.05) is 6.07 Å². The highest BCUT2D eigenvalue weighted by atomic mass is 32.2. The van der Waals surface area contributed by atoms with E-state index in [0.29, 0.717) is 38.3 Å². The Morgan fingerprint density at radius 2 is 1.79 bits per heavy atom. The third-order valence-corrected chi connectivity index (χ3v) is 5.79. The molecule has 2 heterocycles. The van der Waals surface area contributed by atoms with E-state index in [4.69, 9.17) is 4.74 Å². The van der Waals surface area contributed by atoms with E-state index in [2.05, 4.69) is 9.88 Å². The van der Waals surface area contributed by atoms with E-state index in [1.807, 2.05) is 23.1 Å². The highest BCUT2D eigenvalue weighted by Gasteiger charge is 2.21. The summed E-state index contributed by atoms with van der Waals surface area (Å²) in [6.07, 6.45) is 4.00. The second-order valence-corrected chi connectivity index (χ2v) is 8.77. The summed E-state index contributed by atoms with van der Waals surface area (Å²) < 4.78 is 28.5. The van der Waals surface area contributed by atoms with Gasteiger partial charge >= 0.3 is 0 Å². The molecule has 1 fully saturated rings. The van der Waals surface area contributed by atoms with Crippen LogP contribution in [0.4, 0.5) is 5.82 Å². The first-order valence-corrected chi connectivity index (χ1v) is 11.2. The number of hydrogen-bond acceptors (Lipinski definition) is 6. The summed E-state index contributed by atoms with van der Waals surface area (Å²) in [5.74, 6) is 1.69. The molecule has 0 N–H and O–H groups in total. The van der Waals surface area contributed by atoms with Gasteiger partial charge in [0, 0.05) is 45.1 Å². The lowest BCUT2D eigenvalue weighted by Gasteiger charge is -2.35. The molecule has 3 rings (SSSR count). The van der Waals surface area contributed by atoms with Crippen LogP contribution in [-0.4, -0.2) is 63.3 Å². The van der Waals surface area contributed by atoms with Gasteiger partial charge in [-0.15, -0.1) is 0 Å². The second-order valence-electron chi connectivity index (χ2n) is 6.75. The standard InChI is InChI=1S/C20H25N3O4S/c1-28(25,26)18-9-7-17(8-10-18)27-16-4-6-20(24)23-14-12-22(13-15-23)19-5-2-3-11-21-19/h2-3,5,7-11H,4,6,12-16H2,1H3. The molecule has 0 saturated carbocycles. The van der Waals surface area contributed by atoms with Crippen LogP contribution in [0.5, 0.6) is 5.75 Å². The van der Waals surface area contributed by atoms with Crippen LogP contribution in [0.25, 0.3) is 0 Å². The van der Waals surface area contributed by atoms with Gasteiger partial charge < -0.3 is 14.5 Å². The Labute approximate surface area is 165 Å². The van der Waals surface area contributed by atoms with E-state index in [1.165, 1.54) is 18.4 Å². The molecular weight excluding hydrogens is 378 g/mol. The molecule has 2 aromatic rings. The number of carbonyl (C=O) groups excluding carboxylic acids is 1. The van der Waals surface area contributed by atoms with Gasteiger partial charge in [0.15, 0.2) is 9.84 Å². The van der Waals surface area contributed by atoms with Crippen LogP contribution >= 0.6 is 0 Å². The first kappa shape index (κ1) is 20.1. The fraction of sp³-hybridized carbons (Fsp3) is 0.400. The SMILES string of the molecule is CS(=O)(=O)c1ccc(OCCCC(=O)N2CCN(c3ccccn3)CC2)cc1. The number of carbonyl (C=O) groups is 1. The van der Waals surface area contributed by atoms with Gasteiger partial charge in [0.25, 0.3) is 0 Å². The van der Waals surface area contributed by atoms with Gasteiger partial charge in [-0.05, 0) is 42.8 Å². The van der Waals surface area contributed by atoms with Crippen molar-refractivity contribution in [2.24, 2.45) is 0 Å². The molecule has 1 amide bonds. The molecule has 0 radical (unpaired) electrons. The molecule has 1 aromatic carbocycles. The van der Waals surface area contributed by atoms with E-state index >= 15 is 0 Å². The number of sulfone groups is 1. The first-order valence-electron chi connectivity index (χ1n) is 9.30. The van der Waals surface area contributed by atoms with Crippen molar-refractivity contribution in [3.63, 3.8) is 0 Å². The Morgan fingerprint density at radius 1 is 1.07 bits per heavy atom. The maximum atomic E-state index is 12.4. The quantitative estimate of drug-likeness (QED) is 0.658. The Balaban J connectivity index is 1.37. The normalized spacial score (nSPS) is 14.8. The number of aromatic nitrogens is 1. The van der Waals surface area contributed by atoms with Crippen molar-refractivity contribution in [1.29, 1.82) is 0 Å². The number of hydrogen-bond donors (Lipinski definition) is 0. The molecule has 1 aromatic heterocycles. The monoisotopic (exact) mass is 403 g/mol. The third-order valence-electron chi connectivity index (χ3n) is 4.66. The molecule has 28 heavy (non-hydrogen) atoms. The molecule has 0 spiro atoms. The van der Waals surface area contributed by atoms with E-state index in [0.717, 1.165) is 18.9 Å². The zero-order valence-corrected chi connectivity index (χ0v) is 16.8. The Hall–Kier alpha value is -2.61. The minimum Gasteiger partial charge on any atom is -0.494 e. The van der Waals surface area contributed by atoms with E-state index < -0.39 is 9.84 Å². The van der Waals surface area contributed by atoms with Gasteiger partial charge in [0.2, 0.25) is 5.91 Å². The molecule has 1 aliphatic rings. The van der Waals surface area contributed by atoms with E-state index in [9.17, 15) is 13.2 Å². The van der Waals surface area contributed by atoms with Crippen molar-refractivity contribution < 1.29 is 17.9 Å². The fourth-order valence-corrected chi connectivity index (χ4v) is 3.71. The molecule has 0 aliphatic carbocycles. The molecule has 1 saturated heterocycles. The minimum absolute atomic E-state index is 0.136. The summed E-state index contributed by atoms with van der Waals surface area (Å²) in [7, 11) is -3.20. The number of piperazine rings is 1. The largest absolute Gasteiger partial charge is 0.494 e. The smallest absolute Gasteiger partial charge is 0.222 e. The van der Waals surface area contributed by atoms with Crippen LogP contribution in [0.1, 0.15) is 12.8 Å². The maximum absolute atomic E-state index is 12.4. The highest BCUT2D eigenvalue weighted by molar-refractivity contribution is 7.90. The Morgan fingerprint density at radius 3 is 2.39 bits per heavy atom. The molecule has 0 atom stereocenters. The summed E-state index contributed by atoms with van der Waals surface area (Å²) in [5.41, 5.74) is 0. The maximum Gasteiger partial charge on any atom is 0.222 e. The molecular formula is C20H25N3O4S. The van der Waals surface area contributed by atoms with E-state index in [-0.39, 0.29) is 10.8 Å². The predicted octanol–water partition coefficient (Wildman–Crippen LogP) is 1.99. The molecule has 150 valence electrons. The number of pyridine rings is 1. The van der Waals surface area contributed by atoms with Crippen LogP contribution < -0.4 is 9.64 Å². The lowest BCUT2D eigenvalue weighted by Crippen LogP contribution is -2.49. The van der Waals surface area contributed by atoms with Crippen molar-refractivity contribution in [3.05, 3.63) is 48.7 Å². The van der Waals surface area contributed by atoms with E-state index in [1.54, 1.807) is 18.3 Å². The van der Waals surface area contributed by atoms with Gasteiger partial charge in [0.05, 0.1) is 11.5 Å². The summed E-state index contributed by atoms with van der Waals surface area (Å²) in [5, 5.41) is 0. The highest BCUT2D eigenvalue weighted by Crippen LogP contribution is 2.17. The molecule has 0 unspecified atom stereocenters. The number of rotatable bonds is 7. The van der Waals surface area contributed by atoms with Gasteiger partial charge in [-0.25, -0.2) is 13.4 Å². The molecule has 0 bridgehead atoms. The van der Waals surface area contributed by atoms with Crippen LogP contribution in [0.2, 0.25) is 0 Å². The summed E-state index contributed by atoms with van der Waals surface area (Å²) in [6.45, 7) is 3.38. The number of amides is 1. The Bertz CT molecular complexity index is 877. The van der Waals surface area contributed by atoms with Gasteiger partial charge in [0.1, 0.15) is 11.6 Å². The number of anilines is 1.